The second-order valence-corrected chi connectivity index (χ2v) is 9.16. The first-order valence-electron chi connectivity index (χ1n) is 10.7. The molecule has 2 fully saturated rings. The second kappa shape index (κ2) is 8.74. The summed E-state index contributed by atoms with van der Waals surface area (Å²) < 4.78 is 0. The van der Waals surface area contributed by atoms with Gasteiger partial charge in [0.25, 0.3) is 0 Å². The molecule has 0 unspecified atom stereocenters. The maximum atomic E-state index is 12.3. The summed E-state index contributed by atoms with van der Waals surface area (Å²) in [6.07, 6.45) is 5.33. The van der Waals surface area contributed by atoms with Crippen LogP contribution in [-0.4, -0.2) is 54.5 Å². The van der Waals surface area contributed by atoms with Gasteiger partial charge < -0.3 is 10.2 Å². The van der Waals surface area contributed by atoms with Gasteiger partial charge >= 0.3 is 0 Å². The molecule has 1 aromatic carbocycles. The van der Waals surface area contributed by atoms with Gasteiger partial charge in [0.1, 0.15) is 0 Å². The molecule has 4 heteroatoms. The van der Waals surface area contributed by atoms with Gasteiger partial charge in [-0.2, -0.15) is 0 Å². The van der Waals surface area contributed by atoms with Gasteiger partial charge in [0, 0.05) is 37.6 Å². The van der Waals surface area contributed by atoms with Crippen molar-refractivity contribution in [3.05, 3.63) is 35.4 Å². The molecule has 0 aliphatic carbocycles. The highest BCUT2D eigenvalue weighted by molar-refractivity contribution is 5.76. The van der Waals surface area contributed by atoms with E-state index >= 15 is 0 Å². The van der Waals surface area contributed by atoms with Crippen LogP contribution in [0.25, 0.3) is 0 Å². The molecule has 0 bridgehead atoms. The predicted molar refractivity (Wildman–Crippen MR) is 112 cm³/mol. The number of hydrogen-bond acceptors (Lipinski definition) is 3. The molecular weight excluding hydrogens is 334 g/mol. The molecule has 2 saturated heterocycles. The van der Waals surface area contributed by atoms with E-state index < -0.39 is 0 Å². The molecule has 2 heterocycles. The third kappa shape index (κ3) is 4.72. The number of hydrogen-bond donors (Lipinski definition) is 1. The Labute approximate surface area is 165 Å². The van der Waals surface area contributed by atoms with Crippen LogP contribution in [0.4, 0.5) is 0 Å². The van der Waals surface area contributed by atoms with Gasteiger partial charge in [-0.25, -0.2) is 0 Å². The molecule has 3 rings (SSSR count). The molecular formula is C23H37N3O. The molecule has 2 aliphatic heterocycles. The number of carbonyl (C=O) groups excluding carboxylic acids is 1. The molecule has 0 saturated carbocycles. The maximum Gasteiger partial charge on any atom is 0.223 e. The lowest BCUT2D eigenvalue weighted by Crippen LogP contribution is -2.41. The number of carbonyl (C=O) groups is 1. The molecule has 1 atom stereocenters. The van der Waals surface area contributed by atoms with E-state index in [1.54, 1.807) is 0 Å². The van der Waals surface area contributed by atoms with Crippen molar-refractivity contribution < 1.29 is 4.79 Å². The van der Waals surface area contributed by atoms with Gasteiger partial charge in [-0.1, -0.05) is 24.3 Å². The molecule has 27 heavy (non-hydrogen) atoms. The Morgan fingerprint density at radius 1 is 1.07 bits per heavy atom. The predicted octanol–water partition coefficient (Wildman–Crippen LogP) is 3.94. The second-order valence-electron chi connectivity index (χ2n) is 9.16. The van der Waals surface area contributed by atoms with Gasteiger partial charge in [-0.05, 0) is 77.1 Å². The highest BCUT2D eigenvalue weighted by atomic mass is 16.2. The highest BCUT2D eigenvalue weighted by Gasteiger charge is 2.36. The minimum Gasteiger partial charge on any atom is -0.343 e. The van der Waals surface area contributed by atoms with E-state index in [-0.39, 0.29) is 5.54 Å². The quantitative estimate of drug-likeness (QED) is 0.852. The van der Waals surface area contributed by atoms with E-state index in [9.17, 15) is 4.79 Å². The number of nitrogens with one attached hydrogen (secondary N) is 1. The fourth-order valence-electron chi connectivity index (χ4n) is 4.91. The van der Waals surface area contributed by atoms with Crippen molar-refractivity contribution in [3.63, 3.8) is 0 Å². The summed E-state index contributed by atoms with van der Waals surface area (Å²) in [6, 6.07) is 9.64. The van der Waals surface area contributed by atoms with Crippen molar-refractivity contribution in [1.82, 2.24) is 15.1 Å². The van der Waals surface area contributed by atoms with E-state index in [0.29, 0.717) is 24.3 Å². The van der Waals surface area contributed by atoms with E-state index in [1.807, 2.05) is 7.05 Å². The Morgan fingerprint density at radius 3 is 2.37 bits per heavy atom. The maximum absolute atomic E-state index is 12.3. The van der Waals surface area contributed by atoms with Crippen LogP contribution in [0, 0.1) is 0 Å². The van der Waals surface area contributed by atoms with Crippen LogP contribution < -0.4 is 5.32 Å². The zero-order chi connectivity index (χ0) is 19.4. The molecule has 1 aromatic rings. The molecule has 4 nitrogen and oxygen atoms in total. The number of nitrogens with zero attached hydrogens (tertiary/aromatic N) is 2. The van der Waals surface area contributed by atoms with Gasteiger partial charge in [0.05, 0.1) is 0 Å². The number of piperidine rings is 1. The molecule has 2 aliphatic rings. The van der Waals surface area contributed by atoms with Crippen molar-refractivity contribution in [3.8, 4) is 0 Å². The Kier molecular flexibility index (Phi) is 6.59. The van der Waals surface area contributed by atoms with Crippen molar-refractivity contribution >= 4 is 5.91 Å². The summed E-state index contributed by atoms with van der Waals surface area (Å²) in [5.74, 6) is 0.878. The molecule has 1 amide bonds. The largest absolute Gasteiger partial charge is 0.343 e. The standard InChI is InChI=1S/C23H37N3O/c1-23(2,3)26-15-7-10-21(26)20-9-6-5-8-19(20)18-12-16-25(17-13-18)22(27)11-14-24-4/h5-6,8-9,18,21,24H,7,10-17H2,1-4H3/t21-/m1/s1. The topological polar surface area (TPSA) is 35.6 Å². The third-order valence-corrected chi connectivity index (χ3v) is 6.35. The van der Waals surface area contributed by atoms with Gasteiger partial charge in [-0.3, -0.25) is 9.69 Å². The van der Waals surface area contributed by atoms with Crippen molar-refractivity contribution in [2.24, 2.45) is 0 Å². The van der Waals surface area contributed by atoms with Crippen LogP contribution in [-0.2, 0) is 4.79 Å². The average molecular weight is 372 g/mol. The number of likely N-dealkylation sites (tertiary alicyclic amines) is 2. The Balaban J connectivity index is 1.71. The Bertz CT molecular complexity index is 629. The average Bonchev–Trinajstić information content (AvgIpc) is 3.16. The first-order chi connectivity index (χ1) is 12.9. The van der Waals surface area contributed by atoms with Crippen LogP contribution in [0.2, 0.25) is 0 Å². The van der Waals surface area contributed by atoms with Gasteiger partial charge in [0.2, 0.25) is 5.91 Å². The zero-order valence-corrected chi connectivity index (χ0v) is 17.6. The number of benzene rings is 1. The molecule has 1 N–H and O–H groups in total. The van der Waals surface area contributed by atoms with Crippen LogP contribution in [0.3, 0.4) is 0 Å². The minimum atomic E-state index is 0.206. The first kappa shape index (κ1) is 20.3. The lowest BCUT2D eigenvalue weighted by atomic mass is 9.83. The Morgan fingerprint density at radius 2 is 1.74 bits per heavy atom. The summed E-state index contributed by atoms with van der Waals surface area (Å²) in [5, 5.41) is 3.08. The molecule has 150 valence electrons. The normalized spacial score (nSPS) is 22.4. The smallest absolute Gasteiger partial charge is 0.223 e. The zero-order valence-electron chi connectivity index (χ0n) is 17.6. The van der Waals surface area contributed by atoms with Crippen LogP contribution in [0.1, 0.15) is 76.0 Å². The number of amides is 1. The summed E-state index contributed by atoms with van der Waals surface area (Å²) in [6.45, 7) is 10.8. The van der Waals surface area contributed by atoms with Crippen molar-refractivity contribution in [2.75, 3.05) is 33.2 Å². The van der Waals surface area contributed by atoms with E-state index in [1.165, 1.54) is 30.5 Å². The van der Waals surface area contributed by atoms with Crippen LogP contribution in [0.5, 0.6) is 0 Å². The molecule has 0 spiro atoms. The summed E-state index contributed by atoms with van der Waals surface area (Å²) in [4.78, 5) is 17.1. The minimum absolute atomic E-state index is 0.206. The van der Waals surface area contributed by atoms with Crippen LogP contribution >= 0.6 is 0 Å². The van der Waals surface area contributed by atoms with Crippen molar-refractivity contribution in [2.45, 2.75) is 70.4 Å². The monoisotopic (exact) mass is 371 g/mol. The summed E-state index contributed by atoms with van der Waals surface area (Å²) in [5.41, 5.74) is 3.27. The molecule has 0 aromatic heterocycles. The lowest BCUT2D eigenvalue weighted by molar-refractivity contribution is -0.132. The van der Waals surface area contributed by atoms with E-state index in [2.05, 4.69) is 60.2 Å². The first-order valence-corrected chi connectivity index (χ1v) is 10.7. The van der Waals surface area contributed by atoms with Crippen LogP contribution in [0.15, 0.2) is 24.3 Å². The summed E-state index contributed by atoms with van der Waals surface area (Å²) >= 11 is 0. The SMILES string of the molecule is CNCCC(=O)N1CCC(c2ccccc2[C@H]2CCCN2C(C)(C)C)CC1. The fourth-order valence-corrected chi connectivity index (χ4v) is 4.91. The summed E-state index contributed by atoms with van der Waals surface area (Å²) in [7, 11) is 1.90. The lowest BCUT2D eigenvalue weighted by Gasteiger charge is -2.39. The van der Waals surface area contributed by atoms with Gasteiger partial charge in [0.15, 0.2) is 0 Å². The number of rotatable bonds is 5. The third-order valence-electron chi connectivity index (χ3n) is 6.35. The molecule has 0 radical (unpaired) electrons. The van der Waals surface area contributed by atoms with Gasteiger partial charge in [-0.15, -0.1) is 0 Å². The Hall–Kier alpha value is -1.39. The van der Waals surface area contributed by atoms with E-state index in [0.717, 1.165) is 32.5 Å². The highest BCUT2D eigenvalue weighted by Crippen LogP contribution is 2.41. The van der Waals surface area contributed by atoms with E-state index in [4.69, 9.17) is 0 Å². The fraction of sp³-hybridized carbons (Fsp3) is 0.696. The van der Waals surface area contributed by atoms with Crippen molar-refractivity contribution in [1.29, 1.82) is 0 Å².